The van der Waals surface area contributed by atoms with Gasteiger partial charge in [0.15, 0.2) is 0 Å². The Morgan fingerprint density at radius 3 is 2.60 bits per heavy atom. The minimum atomic E-state index is 0.0612. The molecule has 0 aromatic heterocycles. The molecule has 2 aliphatic rings. The zero-order chi connectivity index (χ0) is 14.2. The normalized spacial score (nSPS) is 25.2. The van der Waals surface area contributed by atoms with E-state index < -0.39 is 0 Å². The quantitative estimate of drug-likeness (QED) is 0.838. The summed E-state index contributed by atoms with van der Waals surface area (Å²) >= 11 is 0. The standard InChI is InChI=1S/C17H26N2O/c1-17(2)10-9-15(20-17)12-19(14-7-8-14)11-13-5-3-4-6-16(13)18/h3-6,14-15H,7-12,18H2,1-2H3. The van der Waals surface area contributed by atoms with Crippen molar-refractivity contribution in [3.8, 4) is 0 Å². The second kappa shape index (κ2) is 5.38. The third kappa shape index (κ3) is 3.33. The summed E-state index contributed by atoms with van der Waals surface area (Å²) in [5.74, 6) is 0. The Hall–Kier alpha value is -1.06. The molecule has 3 nitrogen and oxygen atoms in total. The molecule has 3 heteroatoms. The van der Waals surface area contributed by atoms with Crippen LogP contribution < -0.4 is 5.73 Å². The van der Waals surface area contributed by atoms with Crippen LogP contribution in [0.5, 0.6) is 0 Å². The molecule has 1 saturated heterocycles. The highest BCUT2D eigenvalue weighted by Gasteiger charge is 2.36. The van der Waals surface area contributed by atoms with Gasteiger partial charge in [-0.25, -0.2) is 0 Å². The third-order valence-corrected chi connectivity index (χ3v) is 4.48. The number of rotatable bonds is 5. The average molecular weight is 274 g/mol. The highest BCUT2D eigenvalue weighted by molar-refractivity contribution is 5.46. The molecule has 0 amide bonds. The number of anilines is 1. The van der Waals surface area contributed by atoms with Gasteiger partial charge in [0.25, 0.3) is 0 Å². The van der Waals surface area contributed by atoms with Crippen molar-refractivity contribution in [2.75, 3.05) is 12.3 Å². The first-order chi connectivity index (χ1) is 9.53. The second-order valence-corrected chi connectivity index (χ2v) is 6.90. The van der Waals surface area contributed by atoms with Crippen molar-refractivity contribution in [1.29, 1.82) is 0 Å². The zero-order valence-electron chi connectivity index (χ0n) is 12.6. The molecule has 1 unspecified atom stereocenters. The molecule has 20 heavy (non-hydrogen) atoms. The van der Waals surface area contributed by atoms with Crippen LogP contribution in [0.15, 0.2) is 24.3 Å². The topological polar surface area (TPSA) is 38.5 Å². The van der Waals surface area contributed by atoms with Gasteiger partial charge in [-0.2, -0.15) is 0 Å². The molecule has 1 heterocycles. The van der Waals surface area contributed by atoms with Crippen LogP contribution in [0.3, 0.4) is 0 Å². The summed E-state index contributed by atoms with van der Waals surface area (Å²) in [5, 5.41) is 0. The number of hydrogen-bond donors (Lipinski definition) is 1. The van der Waals surface area contributed by atoms with Gasteiger partial charge in [-0.3, -0.25) is 4.90 Å². The highest BCUT2D eigenvalue weighted by atomic mass is 16.5. The maximum atomic E-state index is 6.15. The SMILES string of the molecule is CC1(C)CCC(CN(Cc2ccccc2N)C2CC2)O1. The molecule has 1 aliphatic carbocycles. The van der Waals surface area contributed by atoms with E-state index in [1.807, 2.05) is 12.1 Å². The number of nitrogens with two attached hydrogens (primary N) is 1. The fourth-order valence-electron chi connectivity index (χ4n) is 3.15. The van der Waals surface area contributed by atoms with Gasteiger partial charge in [-0.05, 0) is 51.2 Å². The molecular weight excluding hydrogens is 248 g/mol. The highest BCUT2D eigenvalue weighted by Crippen LogP contribution is 2.34. The Balaban J connectivity index is 1.63. The molecule has 1 aromatic rings. The summed E-state index contributed by atoms with van der Waals surface area (Å²) in [7, 11) is 0. The molecule has 1 saturated carbocycles. The maximum Gasteiger partial charge on any atom is 0.0710 e. The Kier molecular flexibility index (Phi) is 3.74. The van der Waals surface area contributed by atoms with Gasteiger partial charge in [-0.15, -0.1) is 0 Å². The molecule has 0 bridgehead atoms. The zero-order valence-corrected chi connectivity index (χ0v) is 12.6. The van der Waals surface area contributed by atoms with Crippen molar-refractivity contribution >= 4 is 5.69 Å². The Morgan fingerprint density at radius 2 is 2.00 bits per heavy atom. The monoisotopic (exact) mass is 274 g/mol. The minimum Gasteiger partial charge on any atom is -0.398 e. The molecule has 2 fully saturated rings. The summed E-state index contributed by atoms with van der Waals surface area (Å²) in [6, 6.07) is 8.95. The summed E-state index contributed by atoms with van der Waals surface area (Å²) in [5.41, 5.74) is 8.30. The van der Waals surface area contributed by atoms with E-state index in [2.05, 4.69) is 30.9 Å². The van der Waals surface area contributed by atoms with Crippen LogP contribution in [0.4, 0.5) is 5.69 Å². The molecule has 1 atom stereocenters. The van der Waals surface area contributed by atoms with E-state index in [1.165, 1.54) is 31.2 Å². The molecule has 1 aliphatic heterocycles. The van der Waals surface area contributed by atoms with Gasteiger partial charge in [0.2, 0.25) is 0 Å². The molecule has 3 rings (SSSR count). The fourth-order valence-corrected chi connectivity index (χ4v) is 3.15. The maximum absolute atomic E-state index is 6.15. The van der Waals surface area contributed by atoms with Crippen molar-refractivity contribution in [3.05, 3.63) is 29.8 Å². The van der Waals surface area contributed by atoms with Crippen molar-refractivity contribution in [1.82, 2.24) is 4.90 Å². The van der Waals surface area contributed by atoms with Gasteiger partial charge < -0.3 is 10.5 Å². The Labute approximate surface area is 122 Å². The molecular formula is C17H26N2O. The van der Waals surface area contributed by atoms with Crippen LogP contribution in [0.1, 0.15) is 45.1 Å². The first-order valence-electron chi connectivity index (χ1n) is 7.79. The van der Waals surface area contributed by atoms with Crippen molar-refractivity contribution in [2.24, 2.45) is 0 Å². The molecule has 1 aromatic carbocycles. The van der Waals surface area contributed by atoms with Gasteiger partial charge in [-0.1, -0.05) is 18.2 Å². The van der Waals surface area contributed by atoms with Crippen LogP contribution in [-0.4, -0.2) is 29.2 Å². The van der Waals surface area contributed by atoms with Crippen molar-refractivity contribution < 1.29 is 4.74 Å². The predicted octanol–water partition coefficient (Wildman–Crippen LogP) is 3.19. The number of nitrogen functional groups attached to an aromatic ring is 1. The minimum absolute atomic E-state index is 0.0612. The molecule has 0 spiro atoms. The van der Waals surface area contributed by atoms with Gasteiger partial charge in [0, 0.05) is 24.8 Å². The molecule has 2 N–H and O–H groups in total. The first kappa shape index (κ1) is 13.9. The summed E-state index contributed by atoms with van der Waals surface area (Å²) in [4.78, 5) is 2.57. The Bertz CT molecular complexity index is 468. The second-order valence-electron chi connectivity index (χ2n) is 6.90. The molecule has 110 valence electrons. The summed E-state index contributed by atoms with van der Waals surface area (Å²) < 4.78 is 6.15. The van der Waals surface area contributed by atoms with Crippen molar-refractivity contribution in [3.63, 3.8) is 0 Å². The predicted molar refractivity (Wildman–Crippen MR) is 82.5 cm³/mol. The first-order valence-corrected chi connectivity index (χ1v) is 7.79. The number of para-hydroxylation sites is 1. The van der Waals surface area contributed by atoms with Gasteiger partial charge >= 0.3 is 0 Å². The smallest absolute Gasteiger partial charge is 0.0710 e. The Morgan fingerprint density at radius 1 is 1.25 bits per heavy atom. The van der Waals surface area contributed by atoms with E-state index >= 15 is 0 Å². The van der Waals surface area contributed by atoms with Crippen LogP contribution in [0.2, 0.25) is 0 Å². The van der Waals surface area contributed by atoms with Crippen LogP contribution in [0.25, 0.3) is 0 Å². The number of benzene rings is 1. The lowest BCUT2D eigenvalue weighted by atomic mass is 10.1. The third-order valence-electron chi connectivity index (χ3n) is 4.48. The number of hydrogen-bond acceptors (Lipinski definition) is 3. The van der Waals surface area contributed by atoms with E-state index in [4.69, 9.17) is 10.5 Å². The lowest BCUT2D eigenvalue weighted by Gasteiger charge is -2.27. The van der Waals surface area contributed by atoms with E-state index in [0.717, 1.165) is 24.8 Å². The lowest BCUT2D eigenvalue weighted by Crippen LogP contribution is -2.35. The lowest BCUT2D eigenvalue weighted by molar-refractivity contribution is -0.0306. The largest absolute Gasteiger partial charge is 0.398 e. The van der Waals surface area contributed by atoms with E-state index in [-0.39, 0.29) is 5.60 Å². The number of nitrogens with zero attached hydrogens (tertiary/aromatic N) is 1. The molecule has 0 radical (unpaired) electrons. The average Bonchev–Trinajstić information content (AvgIpc) is 3.17. The van der Waals surface area contributed by atoms with Crippen LogP contribution >= 0.6 is 0 Å². The van der Waals surface area contributed by atoms with E-state index in [9.17, 15) is 0 Å². The van der Waals surface area contributed by atoms with Gasteiger partial charge in [0.05, 0.1) is 11.7 Å². The summed E-state index contributed by atoms with van der Waals surface area (Å²) in [6.45, 7) is 6.40. The summed E-state index contributed by atoms with van der Waals surface area (Å²) in [6.07, 6.45) is 5.38. The van der Waals surface area contributed by atoms with Crippen molar-refractivity contribution in [2.45, 2.75) is 63.8 Å². The van der Waals surface area contributed by atoms with Crippen LogP contribution in [0, 0.1) is 0 Å². The van der Waals surface area contributed by atoms with Crippen LogP contribution in [-0.2, 0) is 11.3 Å². The fraction of sp³-hybridized carbons (Fsp3) is 0.647. The van der Waals surface area contributed by atoms with E-state index in [1.54, 1.807) is 0 Å². The van der Waals surface area contributed by atoms with E-state index in [0.29, 0.717) is 6.10 Å². The van der Waals surface area contributed by atoms with Gasteiger partial charge in [0.1, 0.15) is 0 Å². The number of ether oxygens (including phenoxy) is 1.